The Bertz CT molecular complexity index is 705. The maximum atomic E-state index is 12.4. The number of nitrogens with one attached hydrogen (secondary N) is 1. The lowest BCUT2D eigenvalue weighted by molar-refractivity contribution is -0.0318. The van der Waals surface area contributed by atoms with Gasteiger partial charge in [0.05, 0.1) is 5.60 Å². The molecule has 1 atom stereocenters. The molecule has 0 heterocycles. The number of phenols is 1. The SMILES string of the molecule is CC(O)(CNC(=O)c1cccc2cc(O)ccc12)C1CCC1. The monoisotopic (exact) mass is 299 g/mol. The van der Waals surface area contributed by atoms with Gasteiger partial charge in [-0.05, 0) is 60.7 Å². The summed E-state index contributed by atoms with van der Waals surface area (Å²) in [5.41, 5.74) is -0.293. The van der Waals surface area contributed by atoms with Crippen molar-refractivity contribution < 1.29 is 15.0 Å². The summed E-state index contributed by atoms with van der Waals surface area (Å²) in [6.07, 6.45) is 3.20. The van der Waals surface area contributed by atoms with Crippen LogP contribution in [0.15, 0.2) is 36.4 Å². The number of benzene rings is 2. The molecule has 1 saturated carbocycles. The highest BCUT2D eigenvalue weighted by molar-refractivity contribution is 6.07. The molecule has 0 radical (unpaired) electrons. The molecule has 0 saturated heterocycles. The van der Waals surface area contributed by atoms with Crippen LogP contribution in [-0.2, 0) is 0 Å². The van der Waals surface area contributed by atoms with Crippen molar-refractivity contribution in [2.75, 3.05) is 6.54 Å². The summed E-state index contributed by atoms with van der Waals surface area (Å²) in [6, 6.07) is 10.4. The largest absolute Gasteiger partial charge is 0.508 e. The number of carbonyl (C=O) groups excluding carboxylic acids is 1. The third-order valence-electron chi connectivity index (χ3n) is 4.70. The van der Waals surface area contributed by atoms with Crippen molar-refractivity contribution in [3.63, 3.8) is 0 Å². The summed E-state index contributed by atoms with van der Waals surface area (Å²) in [6.45, 7) is 2.04. The molecule has 4 nitrogen and oxygen atoms in total. The summed E-state index contributed by atoms with van der Waals surface area (Å²) in [7, 11) is 0. The standard InChI is InChI=1S/C18H21NO3/c1-18(22,13-5-3-6-13)11-19-17(21)16-7-2-4-12-10-14(20)8-9-15(12)16/h2,4,7-10,13,20,22H,3,5-6,11H2,1H3,(H,19,21). The van der Waals surface area contributed by atoms with E-state index in [1.807, 2.05) is 6.07 Å². The maximum absolute atomic E-state index is 12.4. The number of fused-ring (bicyclic) bond motifs is 1. The van der Waals surface area contributed by atoms with Gasteiger partial charge in [0, 0.05) is 12.1 Å². The molecular formula is C18H21NO3. The predicted molar refractivity (Wildman–Crippen MR) is 85.9 cm³/mol. The van der Waals surface area contributed by atoms with Crippen molar-refractivity contribution in [2.24, 2.45) is 5.92 Å². The van der Waals surface area contributed by atoms with Gasteiger partial charge in [0.15, 0.2) is 0 Å². The van der Waals surface area contributed by atoms with Crippen LogP contribution in [0.1, 0.15) is 36.5 Å². The minimum Gasteiger partial charge on any atom is -0.508 e. The molecule has 2 aromatic carbocycles. The lowest BCUT2D eigenvalue weighted by atomic mass is 9.73. The second-order valence-corrected chi connectivity index (χ2v) is 6.38. The van der Waals surface area contributed by atoms with E-state index in [1.165, 1.54) is 0 Å². The Labute approximate surface area is 129 Å². The number of phenolic OH excluding ortho intramolecular Hbond substituents is 1. The van der Waals surface area contributed by atoms with Crippen LogP contribution < -0.4 is 5.32 Å². The smallest absolute Gasteiger partial charge is 0.252 e. The topological polar surface area (TPSA) is 69.6 Å². The fourth-order valence-corrected chi connectivity index (χ4v) is 3.00. The van der Waals surface area contributed by atoms with E-state index in [9.17, 15) is 15.0 Å². The first-order valence-electron chi connectivity index (χ1n) is 7.70. The zero-order chi connectivity index (χ0) is 15.7. The van der Waals surface area contributed by atoms with Gasteiger partial charge in [-0.1, -0.05) is 18.6 Å². The van der Waals surface area contributed by atoms with Crippen molar-refractivity contribution in [1.82, 2.24) is 5.32 Å². The summed E-state index contributed by atoms with van der Waals surface area (Å²) in [4.78, 5) is 12.4. The molecule has 1 unspecified atom stereocenters. The molecule has 1 aliphatic rings. The number of hydrogen-bond acceptors (Lipinski definition) is 3. The van der Waals surface area contributed by atoms with Crippen LogP contribution in [-0.4, -0.2) is 28.3 Å². The fraction of sp³-hybridized carbons (Fsp3) is 0.389. The van der Waals surface area contributed by atoms with Gasteiger partial charge in [0.2, 0.25) is 0 Å². The molecule has 4 heteroatoms. The molecule has 1 amide bonds. The lowest BCUT2D eigenvalue weighted by Crippen LogP contribution is -2.48. The van der Waals surface area contributed by atoms with Crippen LogP contribution in [0.2, 0.25) is 0 Å². The zero-order valence-corrected chi connectivity index (χ0v) is 12.7. The first kappa shape index (κ1) is 14.9. The van der Waals surface area contributed by atoms with Crippen molar-refractivity contribution in [3.05, 3.63) is 42.0 Å². The Morgan fingerprint density at radius 1 is 1.32 bits per heavy atom. The van der Waals surface area contributed by atoms with Crippen LogP contribution in [0.4, 0.5) is 0 Å². The number of rotatable bonds is 4. The Kier molecular flexibility index (Phi) is 3.79. The van der Waals surface area contributed by atoms with Crippen LogP contribution >= 0.6 is 0 Å². The normalized spacial score (nSPS) is 17.7. The first-order valence-corrected chi connectivity index (χ1v) is 7.70. The number of aliphatic hydroxyl groups is 1. The molecule has 2 aromatic rings. The Balaban J connectivity index is 1.77. The summed E-state index contributed by atoms with van der Waals surface area (Å²) >= 11 is 0. The highest BCUT2D eigenvalue weighted by Gasteiger charge is 2.36. The van der Waals surface area contributed by atoms with E-state index >= 15 is 0 Å². The third-order valence-corrected chi connectivity index (χ3v) is 4.70. The van der Waals surface area contributed by atoms with E-state index in [0.29, 0.717) is 5.56 Å². The van der Waals surface area contributed by atoms with Gasteiger partial charge in [0.1, 0.15) is 5.75 Å². The van der Waals surface area contributed by atoms with Gasteiger partial charge in [-0.3, -0.25) is 4.79 Å². The first-order chi connectivity index (χ1) is 10.5. The second-order valence-electron chi connectivity index (χ2n) is 6.38. The Hall–Kier alpha value is -2.07. The minimum absolute atomic E-state index is 0.179. The molecule has 1 aliphatic carbocycles. The molecule has 0 spiro atoms. The van der Waals surface area contributed by atoms with Gasteiger partial charge < -0.3 is 15.5 Å². The molecule has 116 valence electrons. The molecule has 22 heavy (non-hydrogen) atoms. The molecule has 0 aromatic heterocycles. The van der Waals surface area contributed by atoms with E-state index in [0.717, 1.165) is 30.0 Å². The van der Waals surface area contributed by atoms with Crippen LogP contribution in [0.25, 0.3) is 10.8 Å². The van der Waals surface area contributed by atoms with E-state index in [-0.39, 0.29) is 24.1 Å². The van der Waals surface area contributed by atoms with Gasteiger partial charge in [-0.15, -0.1) is 0 Å². The quantitative estimate of drug-likeness (QED) is 0.813. The van der Waals surface area contributed by atoms with E-state index in [2.05, 4.69) is 5.32 Å². The van der Waals surface area contributed by atoms with Crippen molar-refractivity contribution in [2.45, 2.75) is 31.8 Å². The summed E-state index contributed by atoms with van der Waals surface area (Å²) in [5, 5.41) is 24.4. The van der Waals surface area contributed by atoms with Gasteiger partial charge in [-0.2, -0.15) is 0 Å². The van der Waals surface area contributed by atoms with E-state index in [4.69, 9.17) is 0 Å². The average Bonchev–Trinajstić information content (AvgIpc) is 2.41. The zero-order valence-electron chi connectivity index (χ0n) is 12.7. The van der Waals surface area contributed by atoms with Crippen molar-refractivity contribution in [1.29, 1.82) is 0 Å². The number of amides is 1. The minimum atomic E-state index is -0.850. The summed E-state index contributed by atoms with van der Waals surface area (Å²) < 4.78 is 0. The van der Waals surface area contributed by atoms with Crippen LogP contribution in [0.5, 0.6) is 5.75 Å². The summed E-state index contributed by atoms with van der Waals surface area (Å²) in [5.74, 6) is 0.256. The van der Waals surface area contributed by atoms with Gasteiger partial charge >= 0.3 is 0 Å². The second kappa shape index (κ2) is 5.61. The van der Waals surface area contributed by atoms with Crippen LogP contribution in [0, 0.1) is 5.92 Å². The maximum Gasteiger partial charge on any atom is 0.252 e. The van der Waals surface area contributed by atoms with E-state index < -0.39 is 5.60 Å². The van der Waals surface area contributed by atoms with Crippen LogP contribution in [0.3, 0.4) is 0 Å². The Morgan fingerprint density at radius 3 is 2.77 bits per heavy atom. The molecule has 3 rings (SSSR count). The number of carbonyl (C=O) groups is 1. The Morgan fingerprint density at radius 2 is 2.09 bits per heavy atom. The molecule has 0 aliphatic heterocycles. The molecule has 3 N–H and O–H groups in total. The number of hydrogen-bond donors (Lipinski definition) is 3. The highest BCUT2D eigenvalue weighted by Crippen LogP contribution is 2.35. The molecule has 0 bridgehead atoms. The van der Waals surface area contributed by atoms with Gasteiger partial charge in [-0.25, -0.2) is 0 Å². The highest BCUT2D eigenvalue weighted by atomic mass is 16.3. The lowest BCUT2D eigenvalue weighted by Gasteiger charge is -2.39. The third kappa shape index (κ3) is 2.79. The van der Waals surface area contributed by atoms with Gasteiger partial charge in [0.25, 0.3) is 5.91 Å². The average molecular weight is 299 g/mol. The number of aromatic hydroxyl groups is 1. The molecular weight excluding hydrogens is 278 g/mol. The fourth-order valence-electron chi connectivity index (χ4n) is 3.00. The van der Waals surface area contributed by atoms with Crippen molar-refractivity contribution in [3.8, 4) is 5.75 Å². The van der Waals surface area contributed by atoms with E-state index in [1.54, 1.807) is 37.3 Å². The molecule has 1 fully saturated rings. The van der Waals surface area contributed by atoms with Crippen molar-refractivity contribution >= 4 is 16.7 Å². The predicted octanol–water partition coefficient (Wildman–Crippen LogP) is 2.83.